The van der Waals surface area contributed by atoms with Gasteiger partial charge >= 0.3 is 0 Å². The quantitative estimate of drug-likeness (QED) is 0.892. The van der Waals surface area contributed by atoms with E-state index in [9.17, 15) is 4.79 Å². The van der Waals surface area contributed by atoms with E-state index in [4.69, 9.17) is 5.73 Å². The molecule has 1 aliphatic carbocycles. The number of aryl methyl sites for hydroxylation is 1. The number of rotatable bonds is 2. The van der Waals surface area contributed by atoms with E-state index in [1.165, 1.54) is 9.75 Å². The van der Waals surface area contributed by atoms with Crippen LogP contribution in [0.25, 0.3) is 0 Å². The lowest BCUT2D eigenvalue weighted by atomic mass is 10.0. The summed E-state index contributed by atoms with van der Waals surface area (Å²) in [6.07, 6.45) is 4.87. The highest BCUT2D eigenvalue weighted by Gasteiger charge is 2.41. The molecule has 1 saturated heterocycles. The van der Waals surface area contributed by atoms with Gasteiger partial charge in [-0.3, -0.25) is 4.79 Å². The van der Waals surface area contributed by atoms with Crippen molar-refractivity contribution in [2.24, 2.45) is 5.73 Å². The maximum Gasteiger partial charge on any atom is 0.223 e. The van der Waals surface area contributed by atoms with Gasteiger partial charge in [0.1, 0.15) is 0 Å². The van der Waals surface area contributed by atoms with Crippen LogP contribution < -0.4 is 5.73 Å². The van der Waals surface area contributed by atoms with Crippen molar-refractivity contribution in [3.63, 3.8) is 0 Å². The van der Waals surface area contributed by atoms with Crippen molar-refractivity contribution in [2.45, 2.75) is 57.2 Å². The van der Waals surface area contributed by atoms with Gasteiger partial charge < -0.3 is 10.6 Å². The van der Waals surface area contributed by atoms with Crippen molar-refractivity contribution in [3.8, 4) is 0 Å². The molecule has 3 nitrogen and oxygen atoms in total. The third kappa shape index (κ3) is 2.19. The van der Waals surface area contributed by atoms with Crippen LogP contribution in [0.4, 0.5) is 0 Å². The summed E-state index contributed by atoms with van der Waals surface area (Å²) in [6, 6.07) is 4.95. The lowest BCUT2D eigenvalue weighted by Crippen LogP contribution is -2.43. The first kappa shape index (κ1) is 12.2. The van der Waals surface area contributed by atoms with Gasteiger partial charge in [-0.2, -0.15) is 0 Å². The molecule has 1 saturated carbocycles. The zero-order valence-corrected chi connectivity index (χ0v) is 11.6. The van der Waals surface area contributed by atoms with Gasteiger partial charge in [-0.1, -0.05) is 0 Å². The van der Waals surface area contributed by atoms with Crippen LogP contribution >= 0.6 is 11.3 Å². The molecule has 2 fully saturated rings. The van der Waals surface area contributed by atoms with Gasteiger partial charge in [-0.15, -0.1) is 11.3 Å². The van der Waals surface area contributed by atoms with Gasteiger partial charge in [0.15, 0.2) is 0 Å². The minimum Gasteiger partial charge on any atom is -0.330 e. The number of carbonyl (C=O) groups excluding carboxylic acids is 1. The number of nitrogens with zero attached hydrogens (tertiary/aromatic N) is 1. The third-order valence-corrected chi connectivity index (χ3v) is 4.99. The number of amides is 1. The van der Waals surface area contributed by atoms with Crippen molar-refractivity contribution in [1.29, 1.82) is 0 Å². The molecule has 2 heterocycles. The van der Waals surface area contributed by atoms with Gasteiger partial charge in [0.05, 0.1) is 6.04 Å². The zero-order valence-electron chi connectivity index (χ0n) is 10.8. The van der Waals surface area contributed by atoms with E-state index in [1.54, 1.807) is 11.3 Å². The van der Waals surface area contributed by atoms with Gasteiger partial charge in [0.25, 0.3) is 0 Å². The lowest BCUT2D eigenvalue weighted by molar-refractivity contribution is -0.133. The topological polar surface area (TPSA) is 46.3 Å². The zero-order chi connectivity index (χ0) is 12.7. The molecular weight excluding hydrogens is 244 g/mol. The normalized spacial score (nSPS) is 29.4. The van der Waals surface area contributed by atoms with E-state index in [0.717, 1.165) is 25.7 Å². The molecule has 0 aromatic carbocycles. The maximum absolute atomic E-state index is 12.3. The predicted molar refractivity (Wildman–Crippen MR) is 73.5 cm³/mol. The summed E-state index contributed by atoms with van der Waals surface area (Å²) in [6.45, 7) is 2.11. The summed E-state index contributed by atoms with van der Waals surface area (Å²) in [5, 5.41) is 0. The third-order valence-electron chi connectivity index (χ3n) is 3.91. The van der Waals surface area contributed by atoms with Gasteiger partial charge in [0.2, 0.25) is 5.91 Å². The molecule has 2 atom stereocenters. The number of thiophene rings is 1. The van der Waals surface area contributed by atoms with Crippen LogP contribution in [0.3, 0.4) is 0 Å². The van der Waals surface area contributed by atoms with Crippen LogP contribution in [0.15, 0.2) is 12.1 Å². The number of carbonyl (C=O) groups is 1. The van der Waals surface area contributed by atoms with Crippen molar-refractivity contribution >= 4 is 17.2 Å². The standard InChI is InChI=1S/C14H20N2OS/c1-9-5-8-12(18-9)14-11(15)3-2-4-13(17)16(14)10-6-7-10/h5,8,10-11,14H,2-4,6-7,15H2,1H3. The highest BCUT2D eigenvalue weighted by Crippen LogP contribution is 2.41. The molecule has 0 spiro atoms. The molecule has 2 unspecified atom stereocenters. The van der Waals surface area contributed by atoms with Crippen LogP contribution in [0, 0.1) is 6.92 Å². The molecule has 2 aliphatic rings. The fraction of sp³-hybridized carbons (Fsp3) is 0.643. The van der Waals surface area contributed by atoms with E-state index < -0.39 is 0 Å². The Labute approximate surface area is 112 Å². The SMILES string of the molecule is Cc1ccc(C2C(N)CCCC(=O)N2C2CC2)s1. The predicted octanol–water partition coefficient (Wildman–Crippen LogP) is 2.60. The first-order chi connectivity index (χ1) is 8.66. The average molecular weight is 264 g/mol. The van der Waals surface area contributed by atoms with Gasteiger partial charge in [-0.05, 0) is 44.7 Å². The first-order valence-electron chi connectivity index (χ1n) is 6.80. The molecule has 1 aliphatic heterocycles. The van der Waals surface area contributed by atoms with Crippen molar-refractivity contribution < 1.29 is 4.79 Å². The first-order valence-corrected chi connectivity index (χ1v) is 7.61. The molecular formula is C14H20N2OS. The fourth-order valence-electron chi connectivity index (χ4n) is 2.88. The van der Waals surface area contributed by atoms with Crippen molar-refractivity contribution in [1.82, 2.24) is 4.90 Å². The Balaban J connectivity index is 1.96. The Morgan fingerprint density at radius 2 is 2.11 bits per heavy atom. The minimum absolute atomic E-state index is 0.0927. The number of nitrogens with two attached hydrogens (primary N) is 1. The average Bonchev–Trinajstić information content (AvgIpc) is 3.08. The Morgan fingerprint density at radius 1 is 1.33 bits per heavy atom. The van der Waals surface area contributed by atoms with E-state index in [2.05, 4.69) is 24.0 Å². The van der Waals surface area contributed by atoms with E-state index in [0.29, 0.717) is 18.4 Å². The van der Waals surface area contributed by atoms with E-state index >= 15 is 0 Å². The summed E-state index contributed by atoms with van der Waals surface area (Å²) < 4.78 is 0. The van der Waals surface area contributed by atoms with Crippen molar-refractivity contribution in [3.05, 3.63) is 21.9 Å². The Kier molecular flexibility index (Phi) is 3.16. The Morgan fingerprint density at radius 3 is 2.72 bits per heavy atom. The summed E-state index contributed by atoms with van der Waals surface area (Å²) in [4.78, 5) is 17.0. The summed E-state index contributed by atoms with van der Waals surface area (Å²) >= 11 is 1.78. The second-order valence-electron chi connectivity index (χ2n) is 5.48. The molecule has 0 radical (unpaired) electrons. The van der Waals surface area contributed by atoms with Gasteiger partial charge in [-0.25, -0.2) is 0 Å². The molecule has 4 heteroatoms. The Bertz CT molecular complexity index is 452. The molecule has 0 bridgehead atoms. The molecule has 18 heavy (non-hydrogen) atoms. The van der Waals surface area contributed by atoms with Crippen LogP contribution in [0.1, 0.15) is 47.9 Å². The van der Waals surface area contributed by atoms with E-state index in [-0.39, 0.29) is 12.1 Å². The highest BCUT2D eigenvalue weighted by atomic mass is 32.1. The highest BCUT2D eigenvalue weighted by molar-refractivity contribution is 7.12. The number of hydrogen-bond acceptors (Lipinski definition) is 3. The molecule has 1 amide bonds. The maximum atomic E-state index is 12.3. The second-order valence-corrected chi connectivity index (χ2v) is 6.80. The van der Waals surface area contributed by atoms with Crippen LogP contribution in [-0.4, -0.2) is 22.9 Å². The smallest absolute Gasteiger partial charge is 0.223 e. The largest absolute Gasteiger partial charge is 0.330 e. The summed E-state index contributed by atoms with van der Waals surface area (Å²) in [7, 11) is 0. The molecule has 1 aromatic heterocycles. The summed E-state index contributed by atoms with van der Waals surface area (Å²) in [5.41, 5.74) is 6.35. The number of likely N-dealkylation sites (tertiary alicyclic amines) is 1. The minimum atomic E-state index is 0.0927. The fourth-order valence-corrected chi connectivity index (χ4v) is 3.93. The van der Waals surface area contributed by atoms with Crippen molar-refractivity contribution in [2.75, 3.05) is 0 Å². The van der Waals surface area contributed by atoms with Crippen LogP contribution in [0.5, 0.6) is 0 Å². The lowest BCUT2D eigenvalue weighted by Gasteiger charge is -2.33. The van der Waals surface area contributed by atoms with E-state index in [1.807, 2.05) is 0 Å². The number of hydrogen-bond donors (Lipinski definition) is 1. The molecule has 3 rings (SSSR count). The van der Waals surface area contributed by atoms with Crippen LogP contribution in [-0.2, 0) is 4.79 Å². The van der Waals surface area contributed by atoms with Gasteiger partial charge in [0, 0.05) is 28.3 Å². The summed E-state index contributed by atoms with van der Waals surface area (Å²) in [5.74, 6) is 0.307. The monoisotopic (exact) mass is 264 g/mol. The molecule has 1 aromatic rings. The Hall–Kier alpha value is -0.870. The molecule has 98 valence electrons. The second kappa shape index (κ2) is 4.67. The van der Waals surface area contributed by atoms with Crippen LogP contribution in [0.2, 0.25) is 0 Å². The molecule has 2 N–H and O–H groups in total.